The number of rotatable bonds is 6. The first-order chi connectivity index (χ1) is 8.40. The van der Waals surface area contributed by atoms with Crippen LogP contribution in [0.3, 0.4) is 0 Å². The summed E-state index contributed by atoms with van der Waals surface area (Å²) in [6.07, 6.45) is 3.53. The van der Waals surface area contributed by atoms with Gasteiger partial charge >= 0.3 is 0 Å². The third kappa shape index (κ3) is 4.31. The number of nitrogens with zero attached hydrogens (tertiary/aromatic N) is 2. The van der Waals surface area contributed by atoms with Crippen LogP contribution in [0.1, 0.15) is 39.2 Å². The molecule has 0 fully saturated rings. The molecule has 0 spiro atoms. The Labute approximate surface area is 108 Å². The molecule has 0 aliphatic carbocycles. The lowest BCUT2D eigenvalue weighted by Gasteiger charge is -2.15. The molecule has 0 aromatic carbocycles. The highest BCUT2D eigenvalue weighted by Crippen LogP contribution is 2.20. The Morgan fingerprint density at radius 3 is 2.56 bits per heavy atom. The minimum atomic E-state index is -0.408. The van der Waals surface area contributed by atoms with E-state index in [2.05, 4.69) is 31.1 Å². The van der Waals surface area contributed by atoms with Gasteiger partial charge in [0.25, 0.3) is 5.69 Å². The molecule has 18 heavy (non-hydrogen) atoms. The van der Waals surface area contributed by atoms with E-state index in [9.17, 15) is 10.1 Å². The molecular formula is C13H21N3O2. The number of hydrogen-bond acceptors (Lipinski definition) is 4. The predicted molar refractivity (Wildman–Crippen MR) is 72.8 cm³/mol. The first-order valence-electron chi connectivity index (χ1n) is 6.27. The first-order valence-corrected chi connectivity index (χ1v) is 6.27. The quantitative estimate of drug-likeness (QED) is 0.620. The van der Waals surface area contributed by atoms with Gasteiger partial charge in [0.15, 0.2) is 0 Å². The van der Waals surface area contributed by atoms with Gasteiger partial charge in [0, 0.05) is 11.6 Å². The Morgan fingerprint density at radius 2 is 2.06 bits per heavy atom. The zero-order valence-corrected chi connectivity index (χ0v) is 11.4. The third-order valence-corrected chi connectivity index (χ3v) is 2.85. The molecule has 0 aliphatic heterocycles. The van der Waals surface area contributed by atoms with Crippen molar-refractivity contribution in [1.82, 2.24) is 4.98 Å². The number of nitro groups is 1. The SMILES string of the molecule is Cc1cc(NC(C)CCC(C)C)ncc1[N+](=O)[O-]. The van der Waals surface area contributed by atoms with E-state index in [0.717, 1.165) is 12.8 Å². The molecule has 0 amide bonds. The van der Waals surface area contributed by atoms with Crippen molar-refractivity contribution in [2.24, 2.45) is 5.92 Å². The van der Waals surface area contributed by atoms with E-state index in [1.165, 1.54) is 6.20 Å². The van der Waals surface area contributed by atoms with Crippen molar-refractivity contribution >= 4 is 11.5 Å². The van der Waals surface area contributed by atoms with Gasteiger partial charge < -0.3 is 5.32 Å². The smallest absolute Gasteiger partial charge is 0.290 e. The van der Waals surface area contributed by atoms with Crippen molar-refractivity contribution in [3.05, 3.63) is 27.9 Å². The van der Waals surface area contributed by atoms with E-state index in [0.29, 0.717) is 23.3 Å². The van der Waals surface area contributed by atoms with Crippen LogP contribution in [0.15, 0.2) is 12.3 Å². The fourth-order valence-electron chi connectivity index (χ4n) is 1.73. The van der Waals surface area contributed by atoms with E-state index in [1.807, 2.05) is 0 Å². The van der Waals surface area contributed by atoms with Gasteiger partial charge in [-0.2, -0.15) is 0 Å². The second-order valence-corrected chi connectivity index (χ2v) is 5.13. The number of nitrogens with one attached hydrogen (secondary N) is 1. The maximum Gasteiger partial charge on any atom is 0.290 e. The second kappa shape index (κ2) is 6.33. The second-order valence-electron chi connectivity index (χ2n) is 5.13. The molecule has 1 aromatic heterocycles. The van der Waals surface area contributed by atoms with Gasteiger partial charge in [-0.05, 0) is 38.7 Å². The average Bonchev–Trinajstić information content (AvgIpc) is 2.26. The van der Waals surface area contributed by atoms with Crippen LogP contribution in [0.4, 0.5) is 11.5 Å². The van der Waals surface area contributed by atoms with Crippen molar-refractivity contribution in [2.75, 3.05) is 5.32 Å². The minimum Gasteiger partial charge on any atom is -0.368 e. The highest BCUT2D eigenvalue weighted by molar-refractivity contribution is 5.47. The van der Waals surface area contributed by atoms with Crippen molar-refractivity contribution in [3.8, 4) is 0 Å². The van der Waals surface area contributed by atoms with E-state index in [4.69, 9.17) is 0 Å². The van der Waals surface area contributed by atoms with Gasteiger partial charge in [-0.15, -0.1) is 0 Å². The average molecular weight is 251 g/mol. The molecule has 1 rings (SSSR count). The maximum atomic E-state index is 10.7. The number of aromatic nitrogens is 1. The highest BCUT2D eigenvalue weighted by atomic mass is 16.6. The van der Waals surface area contributed by atoms with Crippen molar-refractivity contribution in [2.45, 2.75) is 46.6 Å². The van der Waals surface area contributed by atoms with E-state index < -0.39 is 4.92 Å². The fourth-order valence-corrected chi connectivity index (χ4v) is 1.73. The van der Waals surface area contributed by atoms with Crippen molar-refractivity contribution in [1.29, 1.82) is 0 Å². The van der Waals surface area contributed by atoms with E-state index in [1.54, 1.807) is 13.0 Å². The zero-order valence-electron chi connectivity index (χ0n) is 11.4. The molecule has 1 aromatic rings. The van der Waals surface area contributed by atoms with Gasteiger partial charge in [0.2, 0.25) is 0 Å². The minimum absolute atomic E-state index is 0.0652. The summed E-state index contributed by atoms with van der Waals surface area (Å²) in [5.74, 6) is 1.38. The number of pyridine rings is 1. The molecule has 0 aliphatic rings. The van der Waals surface area contributed by atoms with Crippen LogP contribution >= 0.6 is 0 Å². The zero-order chi connectivity index (χ0) is 13.7. The van der Waals surface area contributed by atoms with Crippen LogP contribution < -0.4 is 5.32 Å². The normalized spacial score (nSPS) is 12.5. The first kappa shape index (κ1) is 14.4. The lowest BCUT2D eigenvalue weighted by molar-refractivity contribution is -0.385. The van der Waals surface area contributed by atoms with E-state index >= 15 is 0 Å². The standard InChI is InChI=1S/C13H21N3O2/c1-9(2)5-6-11(4)15-13-7-10(3)12(8-14-13)16(17)18/h7-9,11H,5-6H2,1-4H3,(H,14,15). The summed E-state index contributed by atoms with van der Waals surface area (Å²) in [6.45, 7) is 8.21. The molecule has 5 nitrogen and oxygen atoms in total. The summed E-state index contributed by atoms with van der Waals surface area (Å²) in [6, 6.07) is 2.05. The van der Waals surface area contributed by atoms with Crippen LogP contribution in [0.2, 0.25) is 0 Å². The summed E-state index contributed by atoms with van der Waals surface area (Å²) in [5, 5.41) is 13.9. The Kier molecular flexibility index (Phi) is 5.07. The largest absolute Gasteiger partial charge is 0.368 e. The van der Waals surface area contributed by atoms with E-state index in [-0.39, 0.29) is 5.69 Å². The molecule has 1 atom stereocenters. The van der Waals surface area contributed by atoms with Gasteiger partial charge in [-0.1, -0.05) is 13.8 Å². The maximum absolute atomic E-state index is 10.7. The molecule has 1 unspecified atom stereocenters. The van der Waals surface area contributed by atoms with Gasteiger partial charge in [-0.3, -0.25) is 10.1 Å². The Morgan fingerprint density at radius 1 is 1.39 bits per heavy atom. The molecule has 5 heteroatoms. The number of aryl methyl sites for hydroxylation is 1. The lowest BCUT2D eigenvalue weighted by Crippen LogP contribution is -2.16. The van der Waals surface area contributed by atoms with Crippen LogP contribution in [-0.4, -0.2) is 15.9 Å². The van der Waals surface area contributed by atoms with Crippen LogP contribution in [0.5, 0.6) is 0 Å². The number of anilines is 1. The van der Waals surface area contributed by atoms with Gasteiger partial charge in [0.1, 0.15) is 12.0 Å². The number of hydrogen-bond donors (Lipinski definition) is 1. The molecule has 0 bridgehead atoms. The highest BCUT2D eigenvalue weighted by Gasteiger charge is 2.12. The summed E-state index contributed by atoms with van der Waals surface area (Å²) < 4.78 is 0. The summed E-state index contributed by atoms with van der Waals surface area (Å²) in [7, 11) is 0. The van der Waals surface area contributed by atoms with Crippen molar-refractivity contribution < 1.29 is 4.92 Å². The Balaban J connectivity index is 2.63. The summed E-state index contributed by atoms with van der Waals surface area (Å²) in [5.41, 5.74) is 0.698. The molecule has 0 saturated carbocycles. The topological polar surface area (TPSA) is 68.1 Å². The molecular weight excluding hydrogens is 230 g/mol. The monoisotopic (exact) mass is 251 g/mol. The lowest BCUT2D eigenvalue weighted by atomic mass is 10.0. The third-order valence-electron chi connectivity index (χ3n) is 2.85. The molecule has 0 radical (unpaired) electrons. The summed E-state index contributed by atoms with van der Waals surface area (Å²) >= 11 is 0. The molecule has 100 valence electrons. The molecule has 1 N–H and O–H groups in total. The van der Waals surface area contributed by atoms with Gasteiger partial charge in [0.05, 0.1) is 4.92 Å². The van der Waals surface area contributed by atoms with Crippen LogP contribution in [-0.2, 0) is 0 Å². The fraction of sp³-hybridized carbons (Fsp3) is 0.615. The molecule has 0 saturated heterocycles. The predicted octanol–water partition coefficient (Wildman–Crippen LogP) is 3.53. The van der Waals surface area contributed by atoms with Crippen molar-refractivity contribution in [3.63, 3.8) is 0 Å². The van der Waals surface area contributed by atoms with Crippen LogP contribution in [0, 0.1) is 23.0 Å². The summed E-state index contributed by atoms with van der Waals surface area (Å²) in [4.78, 5) is 14.3. The Bertz CT molecular complexity index is 419. The van der Waals surface area contributed by atoms with Gasteiger partial charge in [-0.25, -0.2) is 4.98 Å². The van der Waals surface area contributed by atoms with Crippen LogP contribution in [0.25, 0.3) is 0 Å². The Hall–Kier alpha value is -1.65. The molecule has 1 heterocycles.